The number of fused-ring (bicyclic) bond motifs is 1. The fourth-order valence-corrected chi connectivity index (χ4v) is 3.62. The van der Waals surface area contributed by atoms with E-state index in [1.165, 1.54) is 11.3 Å². The summed E-state index contributed by atoms with van der Waals surface area (Å²) in [5, 5.41) is 28.0. The predicted molar refractivity (Wildman–Crippen MR) is 101 cm³/mol. The van der Waals surface area contributed by atoms with Crippen molar-refractivity contribution in [1.82, 2.24) is 19.9 Å². The fraction of sp³-hybridized carbons (Fsp3) is 0.533. The molecule has 0 radical (unpaired) electrons. The molecule has 0 aromatic carbocycles. The summed E-state index contributed by atoms with van der Waals surface area (Å²) in [5.41, 5.74) is 0.531. The number of alkyl halides is 3. The highest BCUT2D eigenvalue weighted by atomic mass is 32.1. The van der Waals surface area contributed by atoms with E-state index in [0.717, 1.165) is 5.01 Å². The lowest BCUT2D eigenvalue weighted by molar-refractivity contribution is -0.0671. The van der Waals surface area contributed by atoms with Gasteiger partial charge in [-0.15, -0.1) is 0 Å². The molecule has 9 nitrogen and oxygen atoms in total. The third kappa shape index (κ3) is 3.99. The average Bonchev–Trinajstić information content (AvgIpc) is 3.07. The number of hydrogen-bond acceptors (Lipinski definition) is 9. The first-order valence-electron chi connectivity index (χ1n) is 8.52. The maximum atomic E-state index is 12.8. The zero-order valence-electron chi connectivity index (χ0n) is 15.0. The summed E-state index contributed by atoms with van der Waals surface area (Å²) in [6.45, 7) is 1.94. The van der Waals surface area contributed by atoms with Crippen LogP contribution in [0, 0.1) is 10.8 Å². The zero-order chi connectivity index (χ0) is 20.5. The van der Waals surface area contributed by atoms with Crippen molar-refractivity contribution in [2.45, 2.75) is 19.5 Å². The summed E-state index contributed by atoms with van der Waals surface area (Å²) >= 11 is 1.39. The second-order valence-electron chi connectivity index (χ2n) is 6.00. The second kappa shape index (κ2) is 7.83. The van der Waals surface area contributed by atoms with E-state index >= 15 is 0 Å². The molecular formula is C15H19F3N8OS. The first kappa shape index (κ1) is 20.2. The topological polar surface area (TPSA) is 125 Å². The minimum absolute atomic E-state index is 0.109. The molecule has 0 amide bonds. The van der Waals surface area contributed by atoms with Crippen LogP contribution >= 0.6 is 11.3 Å². The number of rotatable bonds is 5. The molecule has 1 fully saturated rings. The Balaban J connectivity index is 1.91. The Morgan fingerprint density at radius 3 is 2.64 bits per heavy atom. The van der Waals surface area contributed by atoms with E-state index < -0.39 is 12.0 Å². The maximum Gasteiger partial charge on any atom is 0.449 e. The summed E-state index contributed by atoms with van der Waals surface area (Å²) in [5.74, 6) is -1.18. The molecule has 0 spiro atoms. The highest BCUT2D eigenvalue weighted by Crippen LogP contribution is 2.31. The number of nitrogens with one attached hydrogen (secondary N) is 3. The molecule has 2 aromatic heterocycles. The van der Waals surface area contributed by atoms with Crippen molar-refractivity contribution >= 4 is 45.1 Å². The number of aromatic nitrogens is 3. The van der Waals surface area contributed by atoms with Crippen LogP contribution in [0.25, 0.3) is 10.3 Å². The van der Waals surface area contributed by atoms with Gasteiger partial charge in [-0.05, 0) is 6.42 Å². The van der Waals surface area contributed by atoms with Gasteiger partial charge in [0.1, 0.15) is 11.4 Å². The molecule has 0 saturated carbocycles. The third-order valence-corrected chi connectivity index (χ3v) is 5.17. The highest BCUT2D eigenvalue weighted by molar-refractivity contribution is 7.18. The van der Waals surface area contributed by atoms with Gasteiger partial charge in [0.05, 0.1) is 18.2 Å². The molecule has 28 heavy (non-hydrogen) atoms. The lowest BCUT2D eigenvalue weighted by Crippen LogP contribution is -2.55. The van der Waals surface area contributed by atoms with Crippen LogP contribution < -0.4 is 10.2 Å². The van der Waals surface area contributed by atoms with Crippen molar-refractivity contribution in [3.8, 4) is 0 Å². The number of aryl methyl sites for hydroxylation is 1. The number of aliphatic hydroxyl groups is 1. The Labute approximate surface area is 162 Å². The molecule has 0 bridgehead atoms. The maximum absolute atomic E-state index is 12.8. The van der Waals surface area contributed by atoms with Gasteiger partial charge in [-0.2, -0.15) is 18.2 Å². The first-order chi connectivity index (χ1) is 13.2. The first-order valence-corrected chi connectivity index (χ1v) is 9.34. The predicted octanol–water partition coefficient (Wildman–Crippen LogP) is 1.69. The summed E-state index contributed by atoms with van der Waals surface area (Å²) < 4.78 is 38.4. The number of hydrogen-bond donors (Lipinski definition) is 4. The number of amidine groups is 2. The van der Waals surface area contributed by atoms with E-state index in [2.05, 4.69) is 20.3 Å². The number of aliphatic hydroxyl groups excluding tert-OH is 1. The Morgan fingerprint density at radius 1 is 1.29 bits per heavy atom. The van der Waals surface area contributed by atoms with Crippen molar-refractivity contribution in [3.05, 3.63) is 5.01 Å². The lowest BCUT2D eigenvalue weighted by atomic mass is 10.2. The van der Waals surface area contributed by atoms with Crippen LogP contribution in [0.1, 0.15) is 11.9 Å². The van der Waals surface area contributed by atoms with Gasteiger partial charge in [-0.3, -0.25) is 10.8 Å². The Hall–Kier alpha value is -2.54. The van der Waals surface area contributed by atoms with E-state index in [1.54, 1.807) is 4.90 Å². The smallest absolute Gasteiger partial charge is 0.395 e. The van der Waals surface area contributed by atoms with Crippen LogP contribution in [-0.4, -0.2) is 75.6 Å². The van der Waals surface area contributed by atoms with Crippen LogP contribution in [0.15, 0.2) is 0 Å². The molecule has 13 heteroatoms. The van der Waals surface area contributed by atoms with Gasteiger partial charge in [0, 0.05) is 19.6 Å². The number of anilines is 2. The molecule has 1 saturated heterocycles. The number of thiazole rings is 1. The van der Waals surface area contributed by atoms with Crippen LogP contribution in [-0.2, 0) is 6.42 Å². The summed E-state index contributed by atoms with van der Waals surface area (Å²) in [4.78, 5) is 16.2. The van der Waals surface area contributed by atoms with E-state index in [4.69, 9.17) is 15.9 Å². The standard InChI is InChI=1S/C15H19F3N8OS/c1-2-9-22-10-11(23-14(21-3-6-27)24-12(10)28-9)25-4-5-26(8(19)7-25)13(20)15(16,17)18/h19-20,27H,2-7H2,1H3,(H,21,23,24). The molecule has 4 N–H and O–H groups in total. The summed E-state index contributed by atoms with van der Waals surface area (Å²) in [7, 11) is 0. The van der Waals surface area contributed by atoms with Gasteiger partial charge in [0.2, 0.25) is 11.8 Å². The largest absolute Gasteiger partial charge is 0.449 e. The SMILES string of the molecule is CCc1nc2c(N3CCN(C(=N)C(F)(F)F)C(=N)C3)nc(NCCO)nc2s1. The van der Waals surface area contributed by atoms with Crippen LogP contribution in [0.2, 0.25) is 0 Å². The van der Waals surface area contributed by atoms with Crippen LogP contribution in [0.4, 0.5) is 24.9 Å². The number of nitrogens with zero attached hydrogens (tertiary/aromatic N) is 5. The highest BCUT2D eigenvalue weighted by Gasteiger charge is 2.41. The van der Waals surface area contributed by atoms with Gasteiger partial charge >= 0.3 is 6.18 Å². The number of halogens is 3. The minimum Gasteiger partial charge on any atom is -0.395 e. The Kier molecular flexibility index (Phi) is 5.65. The molecule has 2 aromatic rings. The van der Waals surface area contributed by atoms with E-state index in [1.807, 2.05) is 6.92 Å². The van der Waals surface area contributed by atoms with Crippen molar-refractivity contribution in [2.75, 3.05) is 43.0 Å². The van der Waals surface area contributed by atoms with Gasteiger partial charge in [-0.1, -0.05) is 18.3 Å². The van der Waals surface area contributed by atoms with Crippen LogP contribution in [0.3, 0.4) is 0 Å². The van der Waals surface area contributed by atoms with E-state index in [-0.39, 0.29) is 44.6 Å². The van der Waals surface area contributed by atoms with Crippen molar-refractivity contribution in [3.63, 3.8) is 0 Å². The van der Waals surface area contributed by atoms with Gasteiger partial charge < -0.3 is 20.2 Å². The summed E-state index contributed by atoms with van der Waals surface area (Å²) in [6.07, 6.45) is -4.10. The molecule has 3 heterocycles. The Morgan fingerprint density at radius 2 is 2.04 bits per heavy atom. The molecule has 3 rings (SSSR count). The van der Waals surface area contributed by atoms with Crippen molar-refractivity contribution in [1.29, 1.82) is 10.8 Å². The monoisotopic (exact) mass is 416 g/mol. The van der Waals surface area contributed by atoms with Gasteiger partial charge in [-0.25, -0.2) is 9.97 Å². The lowest BCUT2D eigenvalue weighted by Gasteiger charge is -2.37. The minimum atomic E-state index is -4.80. The fourth-order valence-electron chi connectivity index (χ4n) is 2.75. The molecule has 0 aliphatic carbocycles. The van der Waals surface area contributed by atoms with Crippen molar-refractivity contribution in [2.24, 2.45) is 0 Å². The van der Waals surface area contributed by atoms with Crippen LogP contribution in [0.5, 0.6) is 0 Å². The number of piperazine rings is 1. The van der Waals surface area contributed by atoms with E-state index in [0.29, 0.717) is 27.5 Å². The van der Waals surface area contributed by atoms with Crippen molar-refractivity contribution < 1.29 is 18.3 Å². The summed E-state index contributed by atoms with van der Waals surface area (Å²) in [6, 6.07) is 0. The molecule has 1 aliphatic rings. The third-order valence-electron chi connectivity index (χ3n) is 4.08. The molecule has 152 valence electrons. The molecule has 0 unspecified atom stereocenters. The molecule has 1 aliphatic heterocycles. The molecule has 0 atom stereocenters. The average molecular weight is 416 g/mol. The normalized spacial score (nSPS) is 15.4. The quantitative estimate of drug-likeness (QED) is 0.432. The van der Waals surface area contributed by atoms with E-state index in [9.17, 15) is 13.2 Å². The van der Waals surface area contributed by atoms with Gasteiger partial charge in [0.15, 0.2) is 10.6 Å². The second-order valence-corrected chi connectivity index (χ2v) is 7.06. The zero-order valence-corrected chi connectivity index (χ0v) is 15.8. The van der Waals surface area contributed by atoms with Gasteiger partial charge in [0.25, 0.3) is 0 Å². The molecular weight excluding hydrogens is 397 g/mol. The Bertz CT molecular complexity index is 899.